The number of carbonyl (C=O) groups excluding carboxylic acids is 1. The van der Waals surface area contributed by atoms with Crippen molar-refractivity contribution >= 4 is 11.9 Å². The molecule has 21 heavy (non-hydrogen) atoms. The van der Waals surface area contributed by atoms with E-state index in [1.54, 1.807) is 0 Å². The second-order valence-electron chi connectivity index (χ2n) is 4.72. The Morgan fingerprint density at radius 3 is 2.29 bits per heavy atom. The molecule has 106 valence electrons. The van der Waals surface area contributed by atoms with Crippen molar-refractivity contribution in [3.05, 3.63) is 71.8 Å². The normalized spacial score (nSPS) is 20.5. The number of hydrogen-bond acceptors (Lipinski definition) is 4. The Kier molecular flexibility index (Phi) is 3.69. The fraction of sp³-hybridized carbons (Fsp3) is 0.176. The number of hydrogen-bond donors (Lipinski definition) is 0. The standard InChI is InChI=1S/C17H15NO3/c1-20-17(19)15-14(12-8-4-2-5-9-12)18-16(21-15)13-10-6-3-7-11-13/h2-11,14-15H,1H3/t14-,15+/m0/s1. The Morgan fingerprint density at radius 1 is 1.05 bits per heavy atom. The van der Waals surface area contributed by atoms with Crippen LogP contribution in [-0.4, -0.2) is 25.1 Å². The van der Waals surface area contributed by atoms with Crippen molar-refractivity contribution in [1.82, 2.24) is 0 Å². The van der Waals surface area contributed by atoms with Gasteiger partial charge in [0.1, 0.15) is 6.04 Å². The van der Waals surface area contributed by atoms with Gasteiger partial charge in [-0.3, -0.25) is 0 Å². The quantitative estimate of drug-likeness (QED) is 0.813. The molecule has 4 heteroatoms. The highest BCUT2D eigenvalue weighted by molar-refractivity contribution is 5.98. The first kappa shape index (κ1) is 13.4. The molecule has 0 N–H and O–H groups in total. The van der Waals surface area contributed by atoms with Crippen LogP contribution in [0.1, 0.15) is 17.2 Å². The van der Waals surface area contributed by atoms with Gasteiger partial charge in [0.05, 0.1) is 7.11 Å². The highest BCUT2D eigenvalue weighted by Gasteiger charge is 2.38. The van der Waals surface area contributed by atoms with Gasteiger partial charge in [-0.15, -0.1) is 0 Å². The Bertz CT molecular complexity index is 652. The smallest absolute Gasteiger partial charge is 0.349 e. The molecule has 0 spiro atoms. The summed E-state index contributed by atoms with van der Waals surface area (Å²) >= 11 is 0. The number of aliphatic imine (C=N–C) groups is 1. The molecule has 0 bridgehead atoms. The average molecular weight is 281 g/mol. The van der Waals surface area contributed by atoms with E-state index in [4.69, 9.17) is 9.47 Å². The van der Waals surface area contributed by atoms with Crippen LogP contribution in [0.4, 0.5) is 0 Å². The summed E-state index contributed by atoms with van der Waals surface area (Å²) in [7, 11) is 1.36. The molecule has 1 aliphatic rings. The minimum absolute atomic E-state index is 0.381. The largest absolute Gasteiger partial charge is 0.466 e. The summed E-state index contributed by atoms with van der Waals surface area (Å²) in [6.45, 7) is 0. The maximum absolute atomic E-state index is 12.0. The van der Waals surface area contributed by atoms with Gasteiger partial charge in [-0.1, -0.05) is 48.5 Å². The molecule has 2 aromatic rings. The van der Waals surface area contributed by atoms with Crippen molar-refractivity contribution in [1.29, 1.82) is 0 Å². The first-order valence-corrected chi connectivity index (χ1v) is 6.72. The molecule has 2 atom stereocenters. The van der Waals surface area contributed by atoms with Crippen LogP contribution >= 0.6 is 0 Å². The van der Waals surface area contributed by atoms with E-state index in [1.165, 1.54) is 7.11 Å². The molecule has 0 aromatic heterocycles. The van der Waals surface area contributed by atoms with Crippen molar-refractivity contribution in [2.45, 2.75) is 12.1 Å². The van der Waals surface area contributed by atoms with Crippen LogP contribution in [0, 0.1) is 0 Å². The molecule has 0 saturated carbocycles. The van der Waals surface area contributed by atoms with Crippen LogP contribution in [0.15, 0.2) is 65.7 Å². The molecule has 0 saturated heterocycles. The fourth-order valence-corrected chi connectivity index (χ4v) is 2.33. The Balaban J connectivity index is 1.97. The number of rotatable bonds is 3. The first-order chi connectivity index (χ1) is 10.3. The van der Waals surface area contributed by atoms with Crippen molar-refractivity contribution in [3.8, 4) is 0 Å². The van der Waals surface area contributed by atoms with Gasteiger partial charge in [-0.2, -0.15) is 0 Å². The minimum Gasteiger partial charge on any atom is -0.466 e. The first-order valence-electron chi connectivity index (χ1n) is 6.72. The van der Waals surface area contributed by atoms with E-state index in [-0.39, 0.29) is 6.04 Å². The molecule has 0 unspecified atom stereocenters. The summed E-state index contributed by atoms with van der Waals surface area (Å²) in [5, 5.41) is 0. The number of ether oxygens (including phenoxy) is 2. The van der Waals surface area contributed by atoms with Gasteiger partial charge < -0.3 is 9.47 Å². The van der Waals surface area contributed by atoms with Gasteiger partial charge in [0.15, 0.2) is 0 Å². The van der Waals surface area contributed by atoms with E-state index in [1.807, 2.05) is 60.7 Å². The second-order valence-corrected chi connectivity index (χ2v) is 4.72. The predicted molar refractivity (Wildman–Crippen MR) is 79.1 cm³/mol. The van der Waals surface area contributed by atoms with Crippen LogP contribution in [-0.2, 0) is 14.3 Å². The Morgan fingerprint density at radius 2 is 1.67 bits per heavy atom. The lowest BCUT2D eigenvalue weighted by Gasteiger charge is -2.15. The van der Waals surface area contributed by atoms with E-state index in [2.05, 4.69) is 4.99 Å². The molecular formula is C17H15NO3. The van der Waals surface area contributed by atoms with Crippen molar-refractivity contribution in [2.75, 3.05) is 7.11 Å². The lowest BCUT2D eigenvalue weighted by molar-refractivity contribution is -0.149. The summed E-state index contributed by atoms with van der Waals surface area (Å²) in [6, 6.07) is 18.8. The van der Waals surface area contributed by atoms with Gasteiger partial charge in [0.2, 0.25) is 12.0 Å². The highest BCUT2D eigenvalue weighted by Crippen LogP contribution is 2.31. The fourth-order valence-electron chi connectivity index (χ4n) is 2.33. The maximum Gasteiger partial charge on any atom is 0.349 e. The molecular weight excluding hydrogens is 266 g/mol. The molecule has 0 fully saturated rings. The average Bonchev–Trinajstić information content (AvgIpc) is 3.01. The summed E-state index contributed by atoms with van der Waals surface area (Å²) in [4.78, 5) is 16.5. The zero-order chi connectivity index (χ0) is 14.7. The molecule has 1 heterocycles. The van der Waals surface area contributed by atoms with E-state index in [0.717, 1.165) is 11.1 Å². The number of carbonyl (C=O) groups is 1. The Hall–Kier alpha value is -2.62. The highest BCUT2D eigenvalue weighted by atomic mass is 16.6. The van der Waals surface area contributed by atoms with Gasteiger partial charge in [-0.05, 0) is 17.7 Å². The molecule has 0 aliphatic carbocycles. The lowest BCUT2D eigenvalue weighted by atomic mass is 10.0. The number of methoxy groups -OCH3 is 1. The van der Waals surface area contributed by atoms with E-state index in [9.17, 15) is 4.79 Å². The van der Waals surface area contributed by atoms with Gasteiger partial charge in [-0.25, -0.2) is 9.79 Å². The van der Waals surface area contributed by atoms with E-state index >= 15 is 0 Å². The van der Waals surface area contributed by atoms with Gasteiger partial charge in [0, 0.05) is 5.56 Å². The van der Waals surface area contributed by atoms with Crippen molar-refractivity contribution in [3.63, 3.8) is 0 Å². The van der Waals surface area contributed by atoms with Crippen LogP contribution in [0.25, 0.3) is 0 Å². The van der Waals surface area contributed by atoms with Gasteiger partial charge in [0.25, 0.3) is 0 Å². The van der Waals surface area contributed by atoms with E-state index in [0.29, 0.717) is 5.90 Å². The summed E-state index contributed by atoms with van der Waals surface area (Å²) in [5.41, 5.74) is 1.78. The number of nitrogens with zero attached hydrogens (tertiary/aromatic N) is 1. The molecule has 4 nitrogen and oxygen atoms in total. The second kappa shape index (κ2) is 5.79. The monoisotopic (exact) mass is 281 g/mol. The maximum atomic E-state index is 12.0. The number of esters is 1. The van der Waals surface area contributed by atoms with Crippen molar-refractivity contribution in [2.24, 2.45) is 4.99 Å². The molecule has 0 radical (unpaired) electrons. The molecule has 0 amide bonds. The molecule has 3 rings (SSSR count). The van der Waals surface area contributed by atoms with E-state index < -0.39 is 12.1 Å². The molecule has 2 aromatic carbocycles. The van der Waals surface area contributed by atoms with Crippen molar-refractivity contribution < 1.29 is 14.3 Å². The minimum atomic E-state index is -0.743. The van der Waals surface area contributed by atoms with Gasteiger partial charge >= 0.3 is 5.97 Å². The third kappa shape index (κ3) is 2.65. The summed E-state index contributed by atoms with van der Waals surface area (Å²) in [6.07, 6.45) is -0.743. The Labute approximate surface area is 123 Å². The molecule has 1 aliphatic heterocycles. The lowest BCUT2D eigenvalue weighted by Crippen LogP contribution is -2.28. The zero-order valence-electron chi connectivity index (χ0n) is 11.6. The van der Waals surface area contributed by atoms with Crippen LogP contribution < -0.4 is 0 Å². The number of benzene rings is 2. The van der Waals surface area contributed by atoms with Crippen LogP contribution in [0.2, 0.25) is 0 Å². The van der Waals surface area contributed by atoms with Crippen LogP contribution in [0.5, 0.6) is 0 Å². The third-order valence-corrected chi connectivity index (χ3v) is 3.38. The third-order valence-electron chi connectivity index (χ3n) is 3.38. The predicted octanol–water partition coefficient (Wildman–Crippen LogP) is 2.75. The van der Waals surface area contributed by atoms with Crippen LogP contribution in [0.3, 0.4) is 0 Å². The topological polar surface area (TPSA) is 47.9 Å². The zero-order valence-corrected chi connectivity index (χ0v) is 11.6. The SMILES string of the molecule is COC(=O)[C@@H]1OC(c2ccccc2)=N[C@H]1c1ccccc1. The summed E-state index contributed by atoms with van der Waals surface area (Å²) in [5.74, 6) is 0.0541. The summed E-state index contributed by atoms with van der Waals surface area (Å²) < 4.78 is 10.6.